The van der Waals surface area contributed by atoms with Gasteiger partial charge < -0.3 is 0 Å². The number of hydrogen-bond acceptors (Lipinski definition) is 0. The fraction of sp³-hybridized carbons (Fsp3) is 0.300. The maximum atomic E-state index is 3.86. The lowest BCUT2D eigenvalue weighted by Crippen LogP contribution is -1.88. The van der Waals surface area contributed by atoms with Crippen molar-refractivity contribution in [3.05, 3.63) is 42.8 Å². The lowest BCUT2D eigenvalue weighted by atomic mass is 9.99. The van der Waals surface area contributed by atoms with Gasteiger partial charge in [0.1, 0.15) is 0 Å². The van der Waals surface area contributed by atoms with Crippen molar-refractivity contribution in [1.82, 2.24) is 0 Å². The quantitative estimate of drug-likeness (QED) is 0.581. The van der Waals surface area contributed by atoms with Gasteiger partial charge in [0.15, 0.2) is 0 Å². The summed E-state index contributed by atoms with van der Waals surface area (Å²) in [6.45, 7) is 6.06. The highest BCUT2D eigenvalue weighted by Crippen LogP contribution is 2.16. The summed E-state index contributed by atoms with van der Waals surface area (Å²) in [6, 6.07) is 10.5. The van der Waals surface area contributed by atoms with Gasteiger partial charge in [-0.1, -0.05) is 44.2 Å². The molecular weight excluding hydrogens is 120 g/mol. The molecule has 0 heteroatoms. The van der Waals surface area contributed by atoms with E-state index in [1.54, 1.807) is 0 Å². The predicted molar refractivity (Wildman–Crippen MR) is 44.8 cm³/mol. The molecule has 0 aliphatic heterocycles. The van der Waals surface area contributed by atoms with Crippen LogP contribution in [0.4, 0.5) is 0 Å². The molecule has 10 heavy (non-hydrogen) atoms. The maximum Gasteiger partial charge on any atom is -0.0190 e. The molecule has 0 aliphatic carbocycles. The van der Waals surface area contributed by atoms with Gasteiger partial charge >= 0.3 is 0 Å². The van der Waals surface area contributed by atoms with E-state index in [-0.39, 0.29) is 0 Å². The highest BCUT2D eigenvalue weighted by Gasteiger charge is 1.98. The summed E-state index contributed by atoms with van der Waals surface area (Å²) < 4.78 is 0. The minimum absolute atomic E-state index is 0.598. The monoisotopic (exact) mass is 133 g/mol. The van der Waals surface area contributed by atoms with E-state index < -0.39 is 0 Å². The Morgan fingerprint density at radius 2 is 1.90 bits per heavy atom. The molecule has 0 amide bonds. The van der Waals surface area contributed by atoms with E-state index in [0.717, 1.165) is 6.42 Å². The van der Waals surface area contributed by atoms with Gasteiger partial charge in [0.2, 0.25) is 0 Å². The zero-order valence-electron chi connectivity index (χ0n) is 6.38. The molecule has 0 nitrogen and oxygen atoms in total. The minimum atomic E-state index is 0.598. The van der Waals surface area contributed by atoms with Crippen molar-refractivity contribution in [1.29, 1.82) is 0 Å². The second kappa shape index (κ2) is 3.40. The molecule has 1 aromatic rings. The van der Waals surface area contributed by atoms with Crippen molar-refractivity contribution in [3.8, 4) is 0 Å². The third-order valence-corrected chi connectivity index (χ3v) is 1.80. The standard InChI is InChI=1S/C10H13/c1-3-9(2)10-7-5-4-6-8-10/h4-9H,1,3H2,2H3/t9-/m0/s1. The lowest BCUT2D eigenvalue weighted by molar-refractivity contribution is 0.778. The van der Waals surface area contributed by atoms with Crippen molar-refractivity contribution in [2.24, 2.45) is 0 Å². The maximum absolute atomic E-state index is 3.86. The first kappa shape index (κ1) is 7.33. The molecule has 53 valence electrons. The third kappa shape index (κ3) is 1.60. The molecule has 0 heterocycles. The summed E-state index contributed by atoms with van der Waals surface area (Å²) in [5.41, 5.74) is 1.39. The van der Waals surface area contributed by atoms with Crippen molar-refractivity contribution in [2.75, 3.05) is 0 Å². The molecule has 0 aromatic heterocycles. The van der Waals surface area contributed by atoms with E-state index >= 15 is 0 Å². The van der Waals surface area contributed by atoms with Crippen LogP contribution in [-0.2, 0) is 0 Å². The second-order valence-electron chi connectivity index (χ2n) is 2.60. The Balaban J connectivity index is 2.75. The molecular formula is C10H13. The fourth-order valence-corrected chi connectivity index (χ4v) is 0.948. The van der Waals surface area contributed by atoms with Crippen LogP contribution in [0.1, 0.15) is 24.8 Å². The van der Waals surface area contributed by atoms with Gasteiger partial charge in [0.25, 0.3) is 0 Å². The molecule has 0 saturated carbocycles. The molecule has 0 spiro atoms. The van der Waals surface area contributed by atoms with Gasteiger partial charge in [-0.3, -0.25) is 0 Å². The van der Waals surface area contributed by atoms with Gasteiger partial charge in [-0.25, -0.2) is 0 Å². The molecule has 0 bridgehead atoms. The van der Waals surface area contributed by atoms with Crippen LogP contribution in [0.15, 0.2) is 30.3 Å². The van der Waals surface area contributed by atoms with E-state index in [0.29, 0.717) is 5.92 Å². The highest BCUT2D eigenvalue weighted by molar-refractivity contribution is 5.18. The Labute approximate surface area is 62.9 Å². The average Bonchev–Trinajstić information content (AvgIpc) is 2.05. The summed E-state index contributed by atoms with van der Waals surface area (Å²) in [4.78, 5) is 0. The molecule has 0 N–H and O–H groups in total. The van der Waals surface area contributed by atoms with E-state index in [2.05, 4.69) is 38.1 Å². The smallest absolute Gasteiger partial charge is 0.0190 e. The van der Waals surface area contributed by atoms with Crippen molar-refractivity contribution in [2.45, 2.75) is 19.3 Å². The molecule has 0 fully saturated rings. The minimum Gasteiger partial charge on any atom is -0.0622 e. The van der Waals surface area contributed by atoms with Gasteiger partial charge in [-0.05, 0) is 17.9 Å². The average molecular weight is 133 g/mol. The summed E-state index contributed by atoms with van der Waals surface area (Å²) in [5.74, 6) is 0.598. The van der Waals surface area contributed by atoms with E-state index in [1.165, 1.54) is 5.56 Å². The van der Waals surface area contributed by atoms with Crippen LogP contribution >= 0.6 is 0 Å². The second-order valence-corrected chi connectivity index (χ2v) is 2.60. The van der Waals surface area contributed by atoms with Gasteiger partial charge in [0, 0.05) is 0 Å². The summed E-state index contributed by atoms with van der Waals surface area (Å²) in [7, 11) is 0. The van der Waals surface area contributed by atoms with Crippen LogP contribution in [0.25, 0.3) is 0 Å². The van der Waals surface area contributed by atoms with Gasteiger partial charge in [0.05, 0.1) is 0 Å². The molecule has 0 unspecified atom stereocenters. The largest absolute Gasteiger partial charge is 0.0622 e. The Kier molecular flexibility index (Phi) is 2.49. The first-order valence-corrected chi connectivity index (χ1v) is 3.68. The molecule has 1 rings (SSSR count). The molecule has 0 saturated heterocycles. The third-order valence-electron chi connectivity index (χ3n) is 1.80. The Bertz CT molecular complexity index is 176. The number of benzene rings is 1. The van der Waals surface area contributed by atoms with Crippen LogP contribution in [0.2, 0.25) is 0 Å². The SMILES string of the molecule is [CH2]C[C@H](C)c1ccccc1. The Morgan fingerprint density at radius 1 is 1.30 bits per heavy atom. The molecule has 1 radical (unpaired) electrons. The highest BCUT2D eigenvalue weighted by atomic mass is 14.0. The fourth-order valence-electron chi connectivity index (χ4n) is 0.948. The zero-order chi connectivity index (χ0) is 7.40. The lowest BCUT2D eigenvalue weighted by Gasteiger charge is -2.06. The first-order valence-electron chi connectivity index (χ1n) is 3.68. The summed E-state index contributed by atoms with van der Waals surface area (Å²) >= 11 is 0. The van der Waals surface area contributed by atoms with Crippen LogP contribution < -0.4 is 0 Å². The zero-order valence-corrected chi connectivity index (χ0v) is 6.38. The van der Waals surface area contributed by atoms with Crippen LogP contribution in [0.3, 0.4) is 0 Å². The van der Waals surface area contributed by atoms with Crippen molar-refractivity contribution >= 4 is 0 Å². The van der Waals surface area contributed by atoms with Gasteiger partial charge in [-0.2, -0.15) is 0 Å². The van der Waals surface area contributed by atoms with E-state index in [1.807, 2.05) is 6.07 Å². The molecule has 0 aliphatic rings. The van der Waals surface area contributed by atoms with Crippen molar-refractivity contribution in [3.63, 3.8) is 0 Å². The molecule has 1 atom stereocenters. The van der Waals surface area contributed by atoms with E-state index in [9.17, 15) is 0 Å². The first-order chi connectivity index (χ1) is 4.84. The van der Waals surface area contributed by atoms with Crippen LogP contribution in [0, 0.1) is 6.92 Å². The van der Waals surface area contributed by atoms with Crippen LogP contribution in [-0.4, -0.2) is 0 Å². The van der Waals surface area contributed by atoms with Crippen molar-refractivity contribution < 1.29 is 0 Å². The van der Waals surface area contributed by atoms with E-state index in [4.69, 9.17) is 0 Å². The topological polar surface area (TPSA) is 0 Å². The van der Waals surface area contributed by atoms with Crippen LogP contribution in [0.5, 0.6) is 0 Å². The Hall–Kier alpha value is -0.780. The number of hydrogen-bond donors (Lipinski definition) is 0. The summed E-state index contributed by atoms with van der Waals surface area (Å²) in [6.07, 6.45) is 0.976. The molecule has 1 aromatic carbocycles. The Morgan fingerprint density at radius 3 is 2.40 bits per heavy atom. The summed E-state index contributed by atoms with van der Waals surface area (Å²) in [5, 5.41) is 0. The predicted octanol–water partition coefficient (Wildman–Crippen LogP) is 3.01. The van der Waals surface area contributed by atoms with Gasteiger partial charge in [-0.15, -0.1) is 0 Å². The normalized spacial score (nSPS) is 13.0. The number of rotatable bonds is 2.